The quantitative estimate of drug-likeness (QED) is 0.443. The van der Waals surface area contributed by atoms with Crippen LogP contribution in [0.1, 0.15) is 64.1 Å². The van der Waals surface area contributed by atoms with E-state index in [-0.39, 0.29) is 18.4 Å². The molecule has 3 aliphatic rings. The van der Waals surface area contributed by atoms with Crippen molar-refractivity contribution in [3.05, 3.63) is 11.9 Å². The Labute approximate surface area is 200 Å². The van der Waals surface area contributed by atoms with Gasteiger partial charge in [-0.1, -0.05) is 11.6 Å². The molecule has 196 valence electrons. The summed E-state index contributed by atoms with van der Waals surface area (Å²) in [5, 5.41) is 31.2. The van der Waals surface area contributed by atoms with Gasteiger partial charge in [-0.15, -0.1) is 5.10 Å². The zero-order chi connectivity index (χ0) is 26.0. The van der Waals surface area contributed by atoms with E-state index in [0.29, 0.717) is 24.6 Å². The zero-order valence-electron chi connectivity index (χ0n) is 19.7. The van der Waals surface area contributed by atoms with Gasteiger partial charge >= 0.3 is 18.1 Å². The third-order valence-electron chi connectivity index (χ3n) is 7.52. The number of aliphatic carboxylic acids is 2. The Morgan fingerprint density at radius 1 is 1.26 bits per heavy atom. The van der Waals surface area contributed by atoms with Gasteiger partial charge in [-0.05, 0) is 70.3 Å². The third-order valence-corrected chi connectivity index (χ3v) is 7.52. The standard InChI is InChI=1S/C20H31N5O3.C2HF3O2/c1-12(17-9-14-4-5-15(17)8-14)22-18(26)13(2)25-11-16(23-24-25)10-20(19(27)28)6-3-7-21-20;3-2(4,5)1(6)7/h11-15,17,21H,3-10H2,1-2H3,(H,22,26)(H,27,28);(H,6,7). The average Bonchev–Trinajstić information content (AvgIpc) is 3.58. The lowest BCUT2D eigenvalue weighted by atomic mass is 9.84. The van der Waals surface area contributed by atoms with Crippen molar-refractivity contribution in [1.29, 1.82) is 0 Å². The number of carboxylic acids is 2. The predicted octanol–water partition coefficient (Wildman–Crippen LogP) is 2.16. The van der Waals surface area contributed by atoms with Crippen LogP contribution in [0.4, 0.5) is 13.2 Å². The molecule has 2 heterocycles. The van der Waals surface area contributed by atoms with Crippen LogP contribution in [0.2, 0.25) is 0 Å². The molecule has 3 fully saturated rings. The third kappa shape index (κ3) is 6.30. The Bertz CT molecular complexity index is 931. The van der Waals surface area contributed by atoms with Gasteiger partial charge in [-0.3, -0.25) is 9.59 Å². The van der Waals surface area contributed by atoms with Gasteiger partial charge in [0.25, 0.3) is 0 Å². The molecule has 1 saturated heterocycles. The van der Waals surface area contributed by atoms with Crippen molar-refractivity contribution in [1.82, 2.24) is 25.6 Å². The summed E-state index contributed by atoms with van der Waals surface area (Å²) in [6.07, 6.45) is 3.52. The van der Waals surface area contributed by atoms with E-state index in [4.69, 9.17) is 9.90 Å². The minimum absolute atomic E-state index is 0.0568. The first-order valence-corrected chi connectivity index (χ1v) is 11.8. The van der Waals surface area contributed by atoms with Crippen molar-refractivity contribution in [2.75, 3.05) is 6.54 Å². The predicted molar refractivity (Wildman–Crippen MR) is 116 cm³/mol. The minimum atomic E-state index is -5.08. The maximum absolute atomic E-state index is 12.7. The van der Waals surface area contributed by atoms with Crippen LogP contribution in [0.5, 0.6) is 0 Å². The molecule has 0 aromatic carbocycles. The van der Waals surface area contributed by atoms with E-state index < -0.39 is 29.7 Å². The molecular formula is C22H32F3N5O5. The lowest BCUT2D eigenvalue weighted by Crippen LogP contribution is -2.49. The smallest absolute Gasteiger partial charge is 0.480 e. The number of hydrogen-bond acceptors (Lipinski definition) is 6. The number of rotatable bonds is 7. The van der Waals surface area contributed by atoms with Crippen molar-refractivity contribution in [3.8, 4) is 0 Å². The molecule has 13 heteroatoms. The van der Waals surface area contributed by atoms with Crippen molar-refractivity contribution in [3.63, 3.8) is 0 Å². The van der Waals surface area contributed by atoms with Crippen molar-refractivity contribution < 1.29 is 37.8 Å². The van der Waals surface area contributed by atoms with Crippen LogP contribution in [0, 0.1) is 17.8 Å². The largest absolute Gasteiger partial charge is 0.490 e. The number of hydrogen-bond donors (Lipinski definition) is 4. The summed E-state index contributed by atoms with van der Waals surface area (Å²) in [5.41, 5.74) is -0.375. The number of nitrogens with one attached hydrogen (secondary N) is 2. The summed E-state index contributed by atoms with van der Waals surface area (Å²) < 4.78 is 33.3. The Morgan fingerprint density at radius 2 is 1.94 bits per heavy atom. The van der Waals surface area contributed by atoms with Crippen molar-refractivity contribution >= 4 is 17.8 Å². The highest BCUT2D eigenvalue weighted by atomic mass is 19.4. The van der Waals surface area contributed by atoms with Crippen LogP contribution in [-0.2, 0) is 20.8 Å². The molecule has 35 heavy (non-hydrogen) atoms. The van der Waals surface area contributed by atoms with Gasteiger partial charge in [0.1, 0.15) is 11.6 Å². The minimum Gasteiger partial charge on any atom is -0.480 e. The molecule has 10 nitrogen and oxygen atoms in total. The van der Waals surface area contributed by atoms with E-state index in [2.05, 4.69) is 27.9 Å². The van der Waals surface area contributed by atoms with Crippen LogP contribution in [0.15, 0.2) is 6.20 Å². The molecule has 2 bridgehead atoms. The molecule has 1 aromatic rings. The van der Waals surface area contributed by atoms with Crippen LogP contribution >= 0.6 is 0 Å². The van der Waals surface area contributed by atoms with Gasteiger partial charge in [-0.2, -0.15) is 13.2 Å². The van der Waals surface area contributed by atoms with E-state index in [9.17, 15) is 27.9 Å². The number of carbonyl (C=O) groups excluding carboxylic acids is 1. The van der Waals surface area contributed by atoms with E-state index in [1.54, 1.807) is 10.9 Å². The molecule has 1 aromatic heterocycles. The number of amides is 1. The second-order valence-corrected chi connectivity index (χ2v) is 9.90. The molecular weight excluding hydrogens is 471 g/mol. The molecule has 1 aliphatic heterocycles. The molecule has 1 amide bonds. The molecule has 0 radical (unpaired) electrons. The second kappa shape index (κ2) is 10.5. The van der Waals surface area contributed by atoms with Gasteiger partial charge in [0.05, 0.1) is 5.69 Å². The fourth-order valence-corrected chi connectivity index (χ4v) is 5.59. The number of aromatic nitrogens is 3. The topological polar surface area (TPSA) is 146 Å². The monoisotopic (exact) mass is 503 g/mol. The summed E-state index contributed by atoms with van der Waals surface area (Å²) in [6, 6.07) is -0.300. The molecule has 2 saturated carbocycles. The number of alkyl halides is 3. The van der Waals surface area contributed by atoms with Crippen molar-refractivity contribution in [2.24, 2.45) is 17.8 Å². The van der Waals surface area contributed by atoms with E-state index in [0.717, 1.165) is 18.3 Å². The fraction of sp³-hybridized carbons (Fsp3) is 0.773. The highest BCUT2D eigenvalue weighted by Crippen LogP contribution is 2.49. The van der Waals surface area contributed by atoms with Crippen molar-refractivity contribution in [2.45, 2.75) is 82.6 Å². The molecule has 6 unspecified atom stereocenters. The maximum Gasteiger partial charge on any atom is 0.490 e. The first-order valence-electron chi connectivity index (χ1n) is 11.8. The summed E-state index contributed by atoms with van der Waals surface area (Å²) in [6.45, 7) is 4.62. The maximum atomic E-state index is 12.7. The Morgan fingerprint density at radius 3 is 2.43 bits per heavy atom. The normalized spacial score (nSPS) is 29.2. The molecule has 2 aliphatic carbocycles. The van der Waals surface area contributed by atoms with E-state index >= 15 is 0 Å². The first-order chi connectivity index (χ1) is 16.3. The Kier molecular flexibility index (Phi) is 8.07. The van der Waals surface area contributed by atoms with Gasteiger partial charge in [0.2, 0.25) is 5.91 Å². The SMILES string of the molecule is CC(NC(=O)C(C)n1cc(CC2(C(=O)O)CCCN2)nn1)C1CC2CCC1C2.O=C(O)C(F)(F)F. The average molecular weight is 504 g/mol. The Hall–Kier alpha value is -2.70. The van der Waals surface area contributed by atoms with E-state index in [1.165, 1.54) is 25.7 Å². The number of fused-ring (bicyclic) bond motifs is 2. The fourth-order valence-electron chi connectivity index (χ4n) is 5.59. The summed E-state index contributed by atoms with van der Waals surface area (Å²) in [7, 11) is 0. The van der Waals surface area contributed by atoms with Crippen LogP contribution in [0.25, 0.3) is 0 Å². The summed E-state index contributed by atoms with van der Waals surface area (Å²) in [5.74, 6) is -1.46. The lowest BCUT2D eigenvalue weighted by Gasteiger charge is -2.29. The molecule has 4 rings (SSSR count). The lowest BCUT2D eigenvalue weighted by molar-refractivity contribution is -0.192. The van der Waals surface area contributed by atoms with Gasteiger partial charge in [-0.25, -0.2) is 9.48 Å². The van der Waals surface area contributed by atoms with Gasteiger partial charge in [0, 0.05) is 18.7 Å². The van der Waals surface area contributed by atoms with Gasteiger partial charge in [0.15, 0.2) is 0 Å². The van der Waals surface area contributed by atoms with E-state index in [1.807, 2.05) is 6.92 Å². The van der Waals surface area contributed by atoms with Gasteiger partial charge < -0.3 is 20.8 Å². The van der Waals surface area contributed by atoms with Crippen LogP contribution in [0.3, 0.4) is 0 Å². The first kappa shape index (κ1) is 26.9. The number of carbonyl (C=O) groups is 3. The summed E-state index contributed by atoms with van der Waals surface area (Å²) in [4.78, 5) is 33.3. The van der Waals surface area contributed by atoms with Crippen LogP contribution in [-0.4, -0.2) is 67.4 Å². The highest BCUT2D eigenvalue weighted by molar-refractivity contribution is 5.80. The number of halogens is 3. The molecule has 4 N–H and O–H groups in total. The van der Waals surface area contributed by atoms with Crippen LogP contribution < -0.4 is 10.6 Å². The Balaban J connectivity index is 0.000000429. The second-order valence-electron chi connectivity index (χ2n) is 9.90. The number of nitrogens with zero attached hydrogens (tertiary/aromatic N) is 3. The number of carboxylic acid groups (broad SMARTS) is 2. The summed E-state index contributed by atoms with van der Waals surface area (Å²) >= 11 is 0. The highest BCUT2D eigenvalue weighted by Gasteiger charge is 2.43. The molecule has 0 spiro atoms. The zero-order valence-corrected chi connectivity index (χ0v) is 19.7. The molecule has 6 atom stereocenters.